The molecular formula is C17H19N3O. The lowest BCUT2D eigenvalue weighted by atomic mass is 10.1. The Balaban J connectivity index is 1.89. The largest absolute Gasteiger partial charge is 0.872 e. The average Bonchev–Trinajstić information content (AvgIpc) is 2.85. The SMILES string of the molecule is CC[n+]1c(NCc2cc(C)ccc2[O-])[nH]c2ccccc21. The normalized spacial score (nSPS) is 11.0. The van der Waals surface area contributed by atoms with Crippen LogP contribution in [-0.4, -0.2) is 4.98 Å². The first kappa shape index (κ1) is 13.5. The molecule has 0 aliphatic heterocycles. The lowest BCUT2D eigenvalue weighted by Crippen LogP contribution is -2.34. The van der Waals surface area contributed by atoms with E-state index in [1.165, 1.54) is 0 Å². The van der Waals surface area contributed by atoms with Crippen molar-refractivity contribution in [2.75, 3.05) is 5.32 Å². The molecule has 1 heterocycles. The van der Waals surface area contributed by atoms with Crippen LogP contribution in [-0.2, 0) is 13.1 Å². The van der Waals surface area contributed by atoms with E-state index in [9.17, 15) is 5.11 Å². The fraction of sp³-hybridized carbons (Fsp3) is 0.235. The number of aromatic amines is 1. The van der Waals surface area contributed by atoms with Crippen LogP contribution in [0.15, 0.2) is 42.5 Å². The van der Waals surface area contributed by atoms with Crippen LogP contribution < -0.4 is 15.0 Å². The zero-order chi connectivity index (χ0) is 14.8. The molecule has 0 aliphatic carbocycles. The molecule has 2 aromatic carbocycles. The highest BCUT2D eigenvalue weighted by Crippen LogP contribution is 2.17. The molecule has 3 rings (SSSR count). The van der Waals surface area contributed by atoms with Crippen molar-refractivity contribution in [1.29, 1.82) is 0 Å². The van der Waals surface area contributed by atoms with Gasteiger partial charge in [-0.3, -0.25) is 5.32 Å². The summed E-state index contributed by atoms with van der Waals surface area (Å²) < 4.78 is 2.18. The zero-order valence-corrected chi connectivity index (χ0v) is 12.3. The van der Waals surface area contributed by atoms with E-state index in [1.807, 2.05) is 31.2 Å². The van der Waals surface area contributed by atoms with Crippen LogP contribution in [0.25, 0.3) is 11.0 Å². The van der Waals surface area contributed by atoms with Gasteiger partial charge in [0.25, 0.3) is 0 Å². The van der Waals surface area contributed by atoms with Crippen molar-refractivity contribution in [2.45, 2.75) is 26.9 Å². The second-order valence-corrected chi connectivity index (χ2v) is 5.20. The topological polar surface area (TPSA) is 54.8 Å². The molecule has 0 saturated carbocycles. The molecule has 108 valence electrons. The van der Waals surface area contributed by atoms with E-state index >= 15 is 0 Å². The number of anilines is 1. The third-order valence-electron chi connectivity index (χ3n) is 3.70. The lowest BCUT2D eigenvalue weighted by molar-refractivity contribution is -0.653. The van der Waals surface area contributed by atoms with Gasteiger partial charge in [-0.25, -0.2) is 9.55 Å². The minimum absolute atomic E-state index is 0.0762. The molecule has 0 spiro atoms. The number of benzene rings is 2. The number of hydrogen-bond acceptors (Lipinski definition) is 2. The maximum absolute atomic E-state index is 11.9. The van der Waals surface area contributed by atoms with Gasteiger partial charge in [-0.15, -0.1) is 5.75 Å². The van der Waals surface area contributed by atoms with Crippen LogP contribution in [0.5, 0.6) is 5.75 Å². The fourth-order valence-corrected chi connectivity index (χ4v) is 2.62. The standard InChI is InChI=1S/C17H19N3O/c1-3-20-15-7-5-4-6-14(15)19-17(20)18-11-13-10-12(2)8-9-16(13)21/h4-10H,3,11H2,1-2H3,(H2,18,19,21). The van der Waals surface area contributed by atoms with Crippen molar-refractivity contribution in [2.24, 2.45) is 0 Å². The van der Waals surface area contributed by atoms with E-state index in [0.717, 1.165) is 34.7 Å². The van der Waals surface area contributed by atoms with Gasteiger partial charge in [-0.1, -0.05) is 35.9 Å². The van der Waals surface area contributed by atoms with Gasteiger partial charge in [0.05, 0.1) is 13.1 Å². The molecular weight excluding hydrogens is 262 g/mol. The van der Waals surface area contributed by atoms with Crippen molar-refractivity contribution in [1.82, 2.24) is 4.98 Å². The van der Waals surface area contributed by atoms with Crippen molar-refractivity contribution in [3.05, 3.63) is 53.6 Å². The second-order valence-electron chi connectivity index (χ2n) is 5.20. The molecule has 4 nitrogen and oxygen atoms in total. The number of rotatable bonds is 4. The summed E-state index contributed by atoms with van der Waals surface area (Å²) in [6.45, 7) is 5.49. The van der Waals surface area contributed by atoms with E-state index in [2.05, 4.69) is 33.9 Å². The molecule has 0 atom stereocenters. The fourth-order valence-electron chi connectivity index (χ4n) is 2.62. The molecule has 3 aromatic rings. The van der Waals surface area contributed by atoms with Crippen LogP contribution in [0, 0.1) is 6.92 Å². The van der Waals surface area contributed by atoms with Gasteiger partial charge in [0.2, 0.25) is 0 Å². The van der Waals surface area contributed by atoms with Crippen LogP contribution >= 0.6 is 0 Å². The molecule has 2 N–H and O–H groups in total. The quantitative estimate of drug-likeness (QED) is 0.722. The van der Waals surface area contributed by atoms with E-state index in [4.69, 9.17) is 0 Å². The van der Waals surface area contributed by atoms with Gasteiger partial charge in [0.15, 0.2) is 0 Å². The highest BCUT2D eigenvalue weighted by atomic mass is 16.3. The smallest absolute Gasteiger partial charge is 0.356 e. The monoisotopic (exact) mass is 281 g/mol. The highest BCUT2D eigenvalue weighted by Gasteiger charge is 2.15. The molecule has 4 heteroatoms. The summed E-state index contributed by atoms with van der Waals surface area (Å²) in [4.78, 5) is 3.37. The van der Waals surface area contributed by atoms with Crippen molar-refractivity contribution < 1.29 is 9.67 Å². The van der Waals surface area contributed by atoms with Gasteiger partial charge < -0.3 is 5.11 Å². The number of fused-ring (bicyclic) bond motifs is 1. The van der Waals surface area contributed by atoms with Crippen LogP contribution in [0.1, 0.15) is 18.1 Å². The Labute approximate surface area is 124 Å². The minimum atomic E-state index is 0.0762. The third kappa shape index (κ3) is 2.57. The summed E-state index contributed by atoms with van der Waals surface area (Å²) in [6.07, 6.45) is 0. The average molecular weight is 281 g/mol. The van der Waals surface area contributed by atoms with Gasteiger partial charge >= 0.3 is 5.95 Å². The van der Waals surface area contributed by atoms with E-state index in [0.29, 0.717) is 6.54 Å². The third-order valence-corrected chi connectivity index (χ3v) is 3.70. The number of nitrogens with zero attached hydrogens (tertiary/aromatic N) is 1. The summed E-state index contributed by atoms with van der Waals surface area (Å²) in [5, 5.41) is 15.2. The first-order chi connectivity index (χ1) is 10.2. The van der Waals surface area contributed by atoms with Gasteiger partial charge in [-0.2, -0.15) is 0 Å². The maximum atomic E-state index is 11.9. The Kier molecular flexibility index (Phi) is 3.52. The Morgan fingerprint density at radius 1 is 1.19 bits per heavy atom. The summed E-state index contributed by atoms with van der Waals surface area (Å²) in [5.41, 5.74) is 4.14. The number of imidazole rings is 1. The highest BCUT2D eigenvalue weighted by molar-refractivity contribution is 5.72. The van der Waals surface area contributed by atoms with E-state index in [1.54, 1.807) is 6.07 Å². The number of aromatic nitrogens is 2. The summed E-state index contributed by atoms with van der Waals surface area (Å²) in [5.74, 6) is 1.01. The number of aryl methyl sites for hydroxylation is 2. The number of H-pyrrole nitrogens is 1. The number of para-hydroxylation sites is 2. The van der Waals surface area contributed by atoms with Crippen LogP contribution in [0.4, 0.5) is 5.95 Å². The number of nitrogens with one attached hydrogen (secondary N) is 2. The Hall–Kier alpha value is -2.49. The van der Waals surface area contributed by atoms with Crippen LogP contribution in [0.2, 0.25) is 0 Å². The Morgan fingerprint density at radius 3 is 2.81 bits per heavy atom. The molecule has 0 bridgehead atoms. The molecule has 0 aliphatic rings. The van der Waals surface area contributed by atoms with Crippen molar-refractivity contribution in [3.8, 4) is 5.75 Å². The summed E-state index contributed by atoms with van der Waals surface area (Å²) in [7, 11) is 0. The molecule has 21 heavy (non-hydrogen) atoms. The first-order valence-corrected chi connectivity index (χ1v) is 7.20. The zero-order valence-electron chi connectivity index (χ0n) is 12.3. The van der Waals surface area contributed by atoms with Crippen molar-refractivity contribution in [3.63, 3.8) is 0 Å². The summed E-state index contributed by atoms with van der Waals surface area (Å²) in [6, 6.07) is 13.6. The molecule has 0 saturated heterocycles. The summed E-state index contributed by atoms with van der Waals surface area (Å²) >= 11 is 0. The Morgan fingerprint density at radius 2 is 2.00 bits per heavy atom. The van der Waals surface area contributed by atoms with Gasteiger partial charge in [0, 0.05) is 0 Å². The second kappa shape index (κ2) is 5.48. The Bertz CT molecular complexity index is 777. The minimum Gasteiger partial charge on any atom is -0.872 e. The van der Waals surface area contributed by atoms with E-state index < -0.39 is 0 Å². The molecule has 0 unspecified atom stereocenters. The van der Waals surface area contributed by atoms with Crippen molar-refractivity contribution >= 4 is 17.0 Å². The van der Waals surface area contributed by atoms with Gasteiger partial charge in [-0.05, 0) is 31.5 Å². The lowest BCUT2D eigenvalue weighted by Gasteiger charge is -2.13. The maximum Gasteiger partial charge on any atom is 0.356 e. The predicted molar refractivity (Wildman–Crippen MR) is 82.1 cm³/mol. The molecule has 1 aromatic heterocycles. The molecule has 0 fully saturated rings. The molecule has 0 radical (unpaired) electrons. The first-order valence-electron chi connectivity index (χ1n) is 7.20. The predicted octanol–water partition coefficient (Wildman–Crippen LogP) is 2.47. The molecule has 0 amide bonds. The van der Waals surface area contributed by atoms with Crippen LogP contribution in [0.3, 0.4) is 0 Å². The number of hydrogen-bond donors (Lipinski definition) is 2. The van der Waals surface area contributed by atoms with E-state index in [-0.39, 0.29) is 5.75 Å². The van der Waals surface area contributed by atoms with Gasteiger partial charge in [0.1, 0.15) is 11.0 Å².